The summed E-state index contributed by atoms with van der Waals surface area (Å²) >= 11 is 0. The van der Waals surface area contributed by atoms with Crippen molar-refractivity contribution in [3.8, 4) is 0 Å². The first-order chi connectivity index (χ1) is 6.08. The molecule has 13 heavy (non-hydrogen) atoms. The third kappa shape index (κ3) is 2.45. The molecule has 0 saturated heterocycles. The summed E-state index contributed by atoms with van der Waals surface area (Å²) in [4.78, 5) is 0. The second-order valence-electron chi connectivity index (χ2n) is 3.95. The lowest BCUT2D eigenvalue weighted by atomic mass is 9.90. The highest BCUT2D eigenvalue weighted by Gasteiger charge is 2.29. The minimum absolute atomic E-state index is 0.0715. The Kier molecular flexibility index (Phi) is 3.33. The molecular weight excluding hydrogens is 166 g/mol. The van der Waals surface area contributed by atoms with Crippen LogP contribution in [-0.2, 0) is 9.47 Å². The van der Waals surface area contributed by atoms with Gasteiger partial charge in [-0.2, -0.15) is 0 Å². The number of methoxy groups -OCH3 is 1. The molecule has 0 aromatic rings. The van der Waals surface area contributed by atoms with Gasteiger partial charge in [0.05, 0.1) is 24.5 Å². The number of rotatable bonds is 3. The lowest BCUT2D eigenvalue weighted by Crippen LogP contribution is -2.46. The molecule has 0 amide bonds. The molecule has 0 aromatic carbocycles. The van der Waals surface area contributed by atoms with Gasteiger partial charge in [-0.25, -0.2) is 0 Å². The van der Waals surface area contributed by atoms with E-state index >= 15 is 0 Å². The van der Waals surface area contributed by atoms with Crippen LogP contribution in [0.1, 0.15) is 26.7 Å². The largest absolute Gasteiger partial charge is 0.501 e. The fourth-order valence-electron chi connectivity index (χ4n) is 1.39. The van der Waals surface area contributed by atoms with E-state index in [9.17, 15) is 0 Å². The molecule has 1 atom stereocenters. The molecule has 76 valence electrons. The van der Waals surface area contributed by atoms with Gasteiger partial charge >= 0.3 is 0 Å². The van der Waals surface area contributed by atoms with E-state index in [0.717, 1.165) is 25.0 Å². The molecule has 0 radical (unpaired) electrons. The number of ether oxygens (including phenoxy) is 2. The van der Waals surface area contributed by atoms with Gasteiger partial charge in [-0.3, -0.25) is 0 Å². The lowest BCUT2D eigenvalue weighted by Gasteiger charge is -2.32. The van der Waals surface area contributed by atoms with Gasteiger partial charge in [0.15, 0.2) is 0 Å². The fraction of sp³-hybridized carbons (Fsp3) is 0.800. The highest BCUT2D eigenvalue weighted by Crippen LogP contribution is 2.23. The van der Waals surface area contributed by atoms with E-state index in [4.69, 9.17) is 15.2 Å². The first kappa shape index (κ1) is 10.5. The summed E-state index contributed by atoms with van der Waals surface area (Å²) < 4.78 is 10.6. The second kappa shape index (κ2) is 4.11. The minimum atomic E-state index is -0.313. The monoisotopic (exact) mass is 185 g/mol. The van der Waals surface area contributed by atoms with Crippen molar-refractivity contribution in [3.63, 3.8) is 0 Å². The molecule has 3 nitrogen and oxygen atoms in total. The van der Waals surface area contributed by atoms with E-state index in [-0.39, 0.29) is 11.6 Å². The molecule has 1 aliphatic heterocycles. The highest BCUT2D eigenvalue weighted by atomic mass is 16.5. The first-order valence-electron chi connectivity index (χ1n) is 4.69. The molecular formula is C10H19NO2. The summed E-state index contributed by atoms with van der Waals surface area (Å²) in [5.41, 5.74) is 6.90. The van der Waals surface area contributed by atoms with Crippen molar-refractivity contribution >= 4 is 0 Å². The van der Waals surface area contributed by atoms with E-state index < -0.39 is 0 Å². The smallest absolute Gasteiger partial charge is 0.0876 e. The zero-order valence-electron chi connectivity index (χ0n) is 8.67. The third-order valence-corrected chi connectivity index (χ3v) is 2.64. The molecule has 1 rings (SSSR count). The second-order valence-corrected chi connectivity index (χ2v) is 3.95. The van der Waals surface area contributed by atoms with E-state index in [1.165, 1.54) is 0 Å². The first-order valence-corrected chi connectivity index (χ1v) is 4.69. The predicted octanol–water partition coefficient (Wildman–Crippen LogP) is 1.43. The summed E-state index contributed by atoms with van der Waals surface area (Å²) in [5.74, 6) is 0. The van der Waals surface area contributed by atoms with Gasteiger partial charge in [-0.15, -0.1) is 0 Å². The van der Waals surface area contributed by atoms with Gasteiger partial charge in [0, 0.05) is 7.11 Å². The fourth-order valence-corrected chi connectivity index (χ4v) is 1.39. The van der Waals surface area contributed by atoms with Gasteiger partial charge in [-0.1, -0.05) is 0 Å². The Balaban J connectivity index is 2.65. The molecule has 3 heteroatoms. The standard InChI is InChI=1S/C10H19NO2/c1-10(2,12-3)9(11)8-5-4-6-13-7-8/h7,9H,4-6,11H2,1-3H3. The van der Waals surface area contributed by atoms with Crippen LogP contribution in [0.15, 0.2) is 11.8 Å². The average Bonchev–Trinajstić information content (AvgIpc) is 2.18. The Morgan fingerprint density at radius 2 is 2.31 bits per heavy atom. The van der Waals surface area contributed by atoms with Crippen LogP contribution in [0.2, 0.25) is 0 Å². The molecule has 0 aromatic heterocycles. The van der Waals surface area contributed by atoms with Gasteiger partial charge in [0.25, 0.3) is 0 Å². The molecule has 0 saturated carbocycles. The molecule has 1 heterocycles. The van der Waals surface area contributed by atoms with Crippen LogP contribution in [0, 0.1) is 0 Å². The number of hydrogen-bond donors (Lipinski definition) is 1. The molecule has 0 spiro atoms. The Morgan fingerprint density at radius 1 is 1.62 bits per heavy atom. The predicted molar refractivity (Wildman–Crippen MR) is 52.3 cm³/mol. The summed E-state index contributed by atoms with van der Waals surface area (Å²) in [6.07, 6.45) is 3.86. The molecule has 2 N–H and O–H groups in total. The van der Waals surface area contributed by atoms with E-state index in [2.05, 4.69) is 0 Å². The van der Waals surface area contributed by atoms with Crippen LogP contribution in [0.3, 0.4) is 0 Å². The minimum Gasteiger partial charge on any atom is -0.501 e. The van der Waals surface area contributed by atoms with Crippen LogP contribution >= 0.6 is 0 Å². The Morgan fingerprint density at radius 3 is 2.77 bits per heavy atom. The van der Waals surface area contributed by atoms with Crippen molar-refractivity contribution in [1.82, 2.24) is 0 Å². The van der Waals surface area contributed by atoms with Crippen LogP contribution in [0.25, 0.3) is 0 Å². The quantitative estimate of drug-likeness (QED) is 0.723. The Bertz CT molecular complexity index is 199. The van der Waals surface area contributed by atoms with Crippen molar-refractivity contribution in [1.29, 1.82) is 0 Å². The van der Waals surface area contributed by atoms with Crippen molar-refractivity contribution < 1.29 is 9.47 Å². The lowest BCUT2D eigenvalue weighted by molar-refractivity contribution is 0.00703. The van der Waals surface area contributed by atoms with Crippen LogP contribution in [-0.4, -0.2) is 25.4 Å². The molecule has 0 bridgehead atoms. The third-order valence-electron chi connectivity index (χ3n) is 2.64. The molecule has 1 unspecified atom stereocenters. The van der Waals surface area contributed by atoms with Gasteiger partial charge in [0.2, 0.25) is 0 Å². The van der Waals surface area contributed by atoms with E-state index in [1.54, 1.807) is 13.4 Å². The maximum absolute atomic E-state index is 6.06. The van der Waals surface area contributed by atoms with Gasteiger partial charge in [-0.05, 0) is 32.3 Å². The van der Waals surface area contributed by atoms with Gasteiger partial charge < -0.3 is 15.2 Å². The van der Waals surface area contributed by atoms with Crippen LogP contribution in [0.4, 0.5) is 0 Å². The highest BCUT2D eigenvalue weighted by molar-refractivity contribution is 5.14. The summed E-state index contributed by atoms with van der Waals surface area (Å²) in [5, 5.41) is 0. The van der Waals surface area contributed by atoms with Crippen molar-refractivity contribution in [2.24, 2.45) is 5.73 Å². The summed E-state index contributed by atoms with van der Waals surface area (Å²) in [7, 11) is 1.68. The normalized spacial score (nSPS) is 20.5. The number of nitrogens with two attached hydrogens (primary N) is 1. The van der Waals surface area contributed by atoms with Crippen LogP contribution in [0.5, 0.6) is 0 Å². The van der Waals surface area contributed by atoms with E-state index in [0.29, 0.717) is 0 Å². The summed E-state index contributed by atoms with van der Waals surface area (Å²) in [6, 6.07) is -0.0715. The maximum atomic E-state index is 6.06. The van der Waals surface area contributed by atoms with Crippen LogP contribution < -0.4 is 5.73 Å². The van der Waals surface area contributed by atoms with Crippen molar-refractivity contribution in [2.45, 2.75) is 38.3 Å². The molecule has 1 aliphatic rings. The molecule has 0 fully saturated rings. The zero-order valence-corrected chi connectivity index (χ0v) is 8.67. The van der Waals surface area contributed by atoms with Gasteiger partial charge in [0.1, 0.15) is 0 Å². The van der Waals surface area contributed by atoms with Crippen molar-refractivity contribution in [2.75, 3.05) is 13.7 Å². The average molecular weight is 185 g/mol. The van der Waals surface area contributed by atoms with Crippen molar-refractivity contribution in [3.05, 3.63) is 11.8 Å². The maximum Gasteiger partial charge on any atom is 0.0876 e. The summed E-state index contributed by atoms with van der Waals surface area (Å²) in [6.45, 7) is 4.80. The Hall–Kier alpha value is -0.540. The molecule has 0 aliphatic carbocycles. The number of hydrogen-bond acceptors (Lipinski definition) is 3. The Labute approximate surface area is 79.9 Å². The zero-order chi connectivity index (χ0) is 9.90. The topological polar surface area (TPSA) is 44.5 Å². The van der Waals surface area contributed by atoms with E-state index in [1.807, 2.05) is 13.8 Å². The SMILES string of the molecule is COC(C)(C)C(N)C1=COCCC1.